The molecular formula is C13H11N3. The maximum atomic E-state index is 9.23. The van der Waals surface area contributed by atoms with Crippen molar-refractivity contribution >= 4 is 5.69 Å². The van der Waals surface area contributed by atoms with Gasteiger partial charge in [-0.2, -0.15) is 5.26 Å². The fourth-order valence-electron chi connectivity index (χ4n) is 1.65. The summed E-state index contributed by atoms with van der Waals surface area (Å²) in [4.78, 5) is 3.94. The first-order valence-electron chi connectivity index (χ1n) is 4.97. The van der Waals surface area contributed by atoms with Gasteiger partial charge >= 0.3 is 0 Å². The van der Waals surface area contributed by atoms with Crippen LogP contribution in [0.2, 0.25) is 0 Å². The second-order valence-corrected chi connectivity index (χ2v) is 3.47. The zero-order chi connectivity index (χ0) is 11.4. The molecule has 16 heavy (non-hydrogen) atoms. The molecule has 78 valence electrons. The normalized spacial score (nSPS) is 11.7. The molecule has 1 aromatic heterocycles. The van der Waals surface area contributed by atoms with Crippen molar-refractivity contribution in [2.45, 2.75) is 5.92 Å². The van der Waals surface area contributed by atoms with Crippen LogP contribution in [0, 0.1) is 11.3 Å². The fourth-order valence-corrected chi connectivity index (χ4v) is 1.65. The lowest BCUT2D eigenvalue weighted by molar-refractivity contribution is 1.03. The van der Waals surface area contributed by atoms with Crippen LogP contribution in [-0.4, -0.2) is 4.98 Å². The highest BCUT2D eigenvalue weighted by Gasteiger charge is 2.14. The first kappa shape index (κ1) is 10.2. The van der Waals surface area contributed by atoms with E-state index in [2.05, 4.69) is 11.1 Å². The van der Waals surface area contributed by atoms with Crippen molar-refractivity contribution in [2.75, 3.05) is 5.73 Å². The smallest absolute Gasteiger partial charge is 0.0983 e. The lowest BCUT2D eigenvalue weighted by atomic mass is 9.92. The summed E-state index contributed by atoms with van der Waals surface area (Å²) in [5.74, 6) is -0.329. The lowest BCUT2D eigenvalue weighted by Crippen LogP contribution is -2.02. The fraction of sp³-hybridized carbons (Fsp3) is 0.0769. The highest BCUT2D eigenvalue weighted by atomic mass is 14.6. The van der Waals surface area contributed by atoms with Gasteiger partial charge in [-0.05, 0) is 29.3 Å². The van der Waals surface area contributed by atoms with Crippen LogP contribution in [0.25, 0.3) is 0 Å². The number of pyridine rings is 1. The highest BCUT2D eigenvalue weighted by Crippen LogP contribution is 2.27. The van der Waals surface area contributed by atoms with Crippen LogP contribution in [0.4, 0.5) is 5.69 Å². The van der Waals surface area contributed by atoms with Gasteiger partial charge in [0.1, 0.15) is 0 Å². The van der Waals surface area contributed by atoms with Crippen LogP contribution >= 0.6 is 0 Å². The number of hydrogen-bond acceptors (Lipinski definition) is 3. The number of nitriles is 1. The van der Waals surface area contributed by atoms with E-state index in [0.717, 1.165) is 11.1 Å². The summed E-state index contributed by atoms with van der Waals surface area (Å²) in [5, 5.41) is 9.23. The van der Waals surface area contributed by atoms with E-state index in [1.807, 2.05) is 30.3 Å². The average Bonchev–Trinajstić information content (AvgIpc) is 2.34. The lowest BCUT2D eigenvalue weighted by Gasteiger charge is -2.11. The first-order valence-corrected chi connectivity index (χ1v) is 4.97. The number of para-hydroxylation sites is 1. The van der Waals surface area contributed by atoms with Gasteiger partial charge in [-0.15, -0.1) is 0 Å². The number of nitrogens with two attached hydrogens (primary N) is 1. The molecule has 0 saturated carbocycles. The van der Waals surface area contributed by atoms with Crippen LogP contribution in [-0.2, 0) is 0 Å². The van der Waals surface area contributed by atoms with Gasteiger partial charge in [0.05, 0.1) is 12.0 Å². The monoisotopic (exact) mass is 209 g/mol. The van der Waals surface area contributed by atoms with Crippen LogP contribution in [0.3, 0.4) is 0 Å². The predicted molar refractivity (Wildman–Crippen MR) is 62.5 cm³/mol. The largest absolute Gasteiger partial charge is 0.398 e. The summed E-state index contributed by atoms with van der Waals surface area (Å²) in [6.45, 7) is 0. The highest BCUT2D eigenvalue weighted by molar-refractivity contribution is 5.53. The Balaban J connectivity index is 2.47. The Labute approximate surface area is 94.2 Å². The van der Waals surface area contributed by atoms with Crippen molar-refractivity contribution in [3.05, 3.63) is 59.9 Å². The van der Waals surface area contributed by atoms with Gasteiger partial charge in [0.2, 0.25) is 0 Å². The number of aromatic nitrogens is 1. The summed E-state index contributed by atoms with van der Waals surface area (Å²) in [6.07, 6.45) is 3.36. The topological polar surface area (TPSA) is 62.7 Å². The third kappa shape index (κ3) is 1.86. The number of nitrogens with zero attached hydrogens (tertiary/aromatic N) is 2. The molecule has 2 aromatic rings. The second-order valence-electron chi connectivity index (χ2n) is 3.47. The van der Waals surface area contributed by atoms with Gasteiger partial charge in [0.15, 0.2) is 0 Å². The van der Waals surface area contributed by atoms with Crippen LogP contribution < -0.4 is 5.73 Å². The SMILES string of the molecule is N#CC(c1ccncc1)c1ccccc1N. The van der Waals surface area contributed by atoms with Gasteiger partial charge < -0.3 is 5.73 Å². The maximum absolute atomic E-state index is 9.23. The van der Waals surface area contributed by atoms with Crippen molar-refractivity contribution in [2.24, 2.45) is 0 Å². The first-order chi connectivity index (χ1) is 7.83. The third-order valence-electron chi connectivity index (χ3n) is 2.48. The molecule has 0 aliphatic carbocycles. The Morgan fingerprint density at radius 2 is 1.81 bits per heavy atom. The predicted octanol–water partition coefficient (Wildman–Crippen LogP) is 2.32. The minimum absolute atomic E-state index is 0.329. The molecule has 0 amide bonds. The Bertz CT molecular complexity index is 514. The molecule has 3 heteroatoms. The zero-order valence-corrected chi connectivity index (χ0v) is 8.67. The Morgan fingerprint density at radius 1 is 1.12 bits per heavy atom. The van der Waals surface area contributed by atoms with Gasteiger partial charge in [-0.25, -0.2) is 0 Å². The zero-order valence-electron chi connectivity index (χ0n) is 8.67. The van der Waals surface area contributed by atoms with Gasteiger partial charge in [0, 0.05) is 18.1 Å². The maximum Gasteiger partial charge on any atom is 0.0983 e. The third-order valence-corrected chi connectivity index (χ3v) is 2.48. The van der Waals surface area contributed by atoms with Crippen LogP contribution in [0.5, 0.6) is 0 Å². The van der Waals surface area contributed by atoms with E-state index in [0.29, 0.717) is 5.69 Å². The van der Waals surface area contributed by atoms with Crippen LogP contribution in [0.1, 0.15) is 17.0 Å². The summed E-state index contributed by atoms with van der Waals surface area (Å²) in [7, 11) is 0. The number of rotatable bonds is 2. The molecule has 0 aliphatic heterocycles. The molecule has 1 atom stereocenters. The van der Waals surface area contributed by atoms with E-state index < -0.39 is 0 Å². The van der Waals surface area contributed by atoms with E-state index in [9.17, 15) is 5.26 Å². The van der Waals surface area contributed by atoms with Crippen molar-refractivity contribution in [3.63, 3.8) is 0 Å². The number of anilines is 1. The number of hydrogen-bond donors (Lipinski definition) is 1. The quantitative estimate of drug-likeness (QED) is 0.772. The van der Waals surface area contributed by atoms with Gasteiger partial charge in [-0.3, -0.25) is 4.98 Å². The standard InChI is InChI=1S/C13H11N3/c14-9-12(10-5-7-16-8-6-10)11-3-1-2-4-13(11)15/h1-8,12H,15H2. The molecule has 0 bridgehead atoms. The number of nitrogen functional groups attached to an aromatic ring is 1. The summed E-state index contributed by atoms with van der Waals surface area (Å²) in [5.41, 5.74) is 8.27. The molecule has 2 N–H and O–H groups in total. The van der Waals surface area contributed by atoms with Crippen molar-refractivity contribution in [1.29, 1.82) is 5.26 Å². The Kier molecular flexibility index (Phi) is 2.84. The minimum atomic E-state index is -0.329. The molecule has 3 nitrogen and oxygen atoms in total. The van der Waals surface area contributed by atoms with Crippen LogP contribution in [0.15, 0.2) is 48.8 Å². The van der Waals surface area contributed by atoms with Gasteiger partial charge in [-0.1, -0.05) is 18.2 Å². The second kappa shape index (κ2) is 4.45. The molecule has 1 unspecified atom stereocenters. The molecule has 0 saturated heterocycles. The molecule has 1 heterocycles. The van der Waals surface area contributed by atoms with E-state index in [1.165, 1.54) is 0 Å². The molecular weight excluding hydrogens is 198 g/mol. The van der Waals surface area contributed by atoms with Gasteiger partial charge in [0.25, 0.3) is 0 Å². The minimum Gasteiger partial charge on any atom is -0.398 e. The molecule has 0 radical (unpaired) electrons. The van der Waals surface area contributed by atoms with Crippen molar-refractivity contribution in [1.82, 2.24) is 4.98 Å². The number of benzene rings is 1. The Hall–Kier alpha value is -2.34. The average molecular weight is 209 g/mol. The van der Waals surface area contributed by atoms with Crippen molar-refractivity contribution < 1.29 is 0 Å². The summed E-state index contributed by atoms with van der Waals surface area (Å²) in [6, 6.07) is 13.4. The van der Waals surface area contributed by atoms with E-state index in [1.54, 1.807) is 18.5 Å². The van der Waals surface area contributed by atoms with Crippen molar-refractivity contribution in [3.8, 4) is 6.07 Å². The molecule has 2 rings (SSSR count). The van der Waals surface area contributed by atoms with E-state index in [4.69, 9.17) is 5.73 Å². The summed E-state index contributed by atoms with van der Waals surface area (Å²) >= 11 is 0. The molecule has 1 aromatic carbocycles. The molecule has 0 spiro atoms. The molecule has 0 aliphatic rings. The Morgan fingerprint density at radius 3 is 2.44 bits per heavy atom. The molecule has 0 fully saturated rings. The van der Waals surface area contributed by atoms with E-state index >= 15 is 0 Å². The summed E-state index contributed by atoms with van der Waals surface area (Å²) < 4.78 is 0. The van der Waals surface area contributed by atoms with E-state index in [-0.39, 0.29) is 5.92 Å².